The molecular formula is C16H19N5O2. The highest BCUT2D eigenvalue weighted by Gasteiger charge is 2.52. The molecule has 1 aromatic carbocycles. The first-order valence-corrected chi connectivity index (χ1v) is 7.88. The number of nitrogens with zero attached hydrogens (tertiary/aromatic N) is 4. The van der Waals surface area contributed by atoms with Gasteiger partial charge in [-0.25, -0.2) is 24.4 Å². The number of fused-ring (bicyclic) bond motifs is 3. The summed E-state index contributed by atoms with van der Waals surface area (Å²) in [6.45, 7) is 0. The molecule has 1 fully saturated rings. The lowest BCUT2D eigenvalue weighted by atomic mass is 10.1. The van der Waals surface area contributed by atoms with E-state index in [4.69, 9.17) is 4.99 Å². The maximum Gasteiger partial charge on any atom is 0.333 e. The highest BCUT2D eigenvalue weighted by Crippen LogP contribution is 2.45. The fourth-order valence-electron chi connectivity index (χ4n) is 3.74. The number of aliphatic imine (C=N–C) groups is 1. The summed E-state index contributed by atoms with van der Waals surface area (Å²) in [5.74, 6) is 0.413. The molecule has 2 heterocycles. The summed E-state index contributed by atoms with van der Waals surface area (Å²) in [6.07, 6.45) is 3.76. The molecule has 1 aromatic rings. The maximum atomic E-state index is 13.0. The second-order valence-corrected chi connectivity index (χ2v) is 6.16. The Bertz CT molecular complexity index is 708. The molecule has 0 unspecified atom stereocenters. The highest BCUT2D eigenvalue weighted by atomic mass is 16.2. The Kier molecular flexibility index (Phi) is 2.88. The van der Waals surface area contributed by atoms with E-state index in [0.29, 0.717) is 17.3 Å². The van der Waals surface area contributed by atoms with E-state index in [1.54, 1.807) is 19.0 Å². The molecule has 0 atom stereocenters. The zero-order valence-corrected chi connectivity index (χ0v) is 13.2. The van der Waals surface area contributed by atoms with Crippen molar-refractivity contribution in [3.63, 3.8) is 0 Å². The number of benzene rings is 1. The number of nitrogens with one attached hydrogen (secondary N) is 1. The summed E-state index contributed by atoms with van der Waals surface area (Å²) in [4.78, 5) is 35.1. The molecule has 1 spiro atoms. The van der Waals surface area contributed by atoms with E-state index in [0.717, 1.165) is 25.7 Å². The third kappa shape index (κ3) is 1.73. The number of hydrogen-bond acceptors (Lipinski definition) is 3. The second kappa shape index (κ2) is 4.71. The number of hydrogen-bond donors (Lipinski definition) is 1. The van der Waals surface area contributed by atoms with Crippen LogP contribution in [0.25, 0.3) is 0 Å². The summed E-state index contributed by atoms with van der Waals surface area (Å²) >= 11 is 0. The van der Waals surface area contributed by atoms with E-state index in [2.05, 4.69) is 5.32 Å². The van der Waals surface area contributed by atoms with Gasteiger partial charge in [-0.1, -0.05) is 12.1 Å². The molecular weight excluding hydrogens is 294 g/mol. The number of carbonyl (C=O) groups is 2. The van der Waals surface area contributed by atoms with Crippen LogP contribution in [0.2, 0.25) is 0 Å². The summed E-state index contributed by atoms with van der Waals surface area (Å²) < 4.78 is 0. The van der Waals surface area contributed by atoms with Crippen LogP contribution in [0.3, 0.4) is 0 Å². The molecule has 7 heteroatoms. The van der Waals surface area contributed by atoms with Crippen LogP contribution in [0.5, 0.6) is 0 Å². The standard InChI is InChI=1S/C16H19N5O2/c1-17-14(22)20-11-7-3-4-8-12(11)21-13(20)18-16(9-5-6-10-16)19(2)15(21)23/h3-4,7-8H,5-6,9-10H2,1-2H3,(H,17,22). The van der Waals surface area contributed by atoms with Crippen molar-refractivity contribution in [3.8, 4) is 0 Å². The van der Waals surface area contributed by atoms with Gasteiger partial charge < -0.3 is 10.2 Å². The zero-order chi connectivity index (χ0) is 16.2. The Hall–Kier alpha value is -2.57. The normalized spacial score (nSPS) is 21.4. The lowest BCUT2D eigenvalue weighted by Crippen LogP contribution is -2.61. The van der Waals surface area contributed by atoms with E-state index in [9.17, 15) is 9.59 Å². The monoisotopic (exact) mass is 313 g/mol. The van der Waals surface area contributed by atoms with Crippen LogP contribution in [-0.4, -0.2) is 42.7 Å². The number of amides is 4. The van der Waals surface area contributed by atoms with Gasteiger partial charge in [-0.05, 0) is 37.8 Å². The topological polar surface area (TPSA) is 68.2 Å². The van der Waals surface area contributed by atoms with Gasteiger partial charge in [-0.15, -0.1) is 0 Å². The van der Waals surface area contributed by atoms with Crippen molar-refractivity contribution in [3.05, 3.63) is 24.3 Å². The molecule has 0 bridgehead atoms. The molecule has 0 saturated heterocycles. The number of carbonyl (C=O) groups excluding carboxylic acids is 2. The first-order chi connectivity index (χ1) is 11.1. The van der Waals surface area contributed by atoms with Crippen LogP contribution in [0, 0.1) is 0 Å². The predicted molar refractivity (Wildman–Crippen MR) is 87.6 cm³/mol. The van der Waals surface area contributed by atoms with Crippen LogP contribution in [0.15, 0.2) is 29.3 Å². The number of urea groups is 2. The van der Waals surface area contributed by atoms with Gasteiger partial charge in [0.2, 0.25) is 5.96 Å². The molecule has 4 amide bonds. The lowest BCUT2D eigenvalue weighted by Gasteiger charge is -2.42. The van der Waals surface area contributed by atoms with Gasteiger partial charge in [-0.2, -0.15) is 0 Å². The van der Waals surface area contributed by atoms with E-state index < -0.39 is 5.66 Å². The summed E-state index contributed by atoms with van der Waals surface area (Å²) in [7, 11) is 3.38. The fraction of sp³-hybridized carbons (Fsp3) is 0.438. The van der Waals surface area contributed by atoms with Gasteiger partial charge in [-0.3, -0.25) is 0 Å². The zero-order valence-electron chi connectivity index (χ0n) is 13.2. The van der Waals surface area contributed by atoms with Crippen molar-refractivity contribution < 1.29 is 9.59 Å². The average Bonchev–Trinajstić information content (AvgIpc) is 3.15. The minimum Gasteiger partial charge on any atom is -0.340 e. The van der Waals surface area contributed by atoms with E-state index in [-0.39, 0.29) is 12.1 Å². The Morgan fingerprint density at radius 1 is 1.22 bits per heavy atom. The first kappa shape index (κ1) is 14.0. The minimum absolute atomic E-state index is 0.129. The largest absolute Gasteiger partial charge is 0.340 e. The molecule has 1 saturated carbocycles. The van der Waals surface area contributed by atoms with E-state index >= 15 is 0 Å². The molecule has 1 aliphatic carbocycles. The first-order valence-electron chi connectivity index (χ1n) is 7.88. The lowest BCUT2D eigenvalue weighted by molar-refractivity contribution is 0.144. The Labute approximate surface area is 134 Å². The fourth-order valence-corrected chi connectivity index (χ4v) is 3.74. The van der Waals surface area contributed by atoms with Crippen LogP contribution < -0.4 is 15.1 Å². The Balaban J connectivity index is 1.92. The number of rotatable bonds is 0. The van der Waals surface area contributed by atoms with Crippen LogP contribution in [0.1, 0.15) is 25.7 Å². The van der Waals surface area contributed by atoms with Gasteiger partial charge in [0.05, 0.1) is 11.4 Å². The summed E-state index contributed by atoms with van der Waals surface area (Å²) in [5, 5.41) is 2.64. The van der Waals surface area contributed by atoms with Gasteiger partial charge in [0.1, 0.15) is 5.66 Å². The highest BCUT2D eigenvalue weighted by molar-refractivity contribution is 6.35. The SMILES string of the molecule is CNC(=O)N1C2=NC3(CCCC3)N(C)C(=O)N2c2ccccc21. The number of para-hydroxylation sites is 2. The van der Waals surface area contributed by atoms with Gasteiger partial charge >= 0.3 is 12.1 Å². The predicted octanol–water partition coefficient (Wildman–Crippen LogP) is 2.34. The smallest absolute Gasteiger partial charge is 0.333 e. The average molecular weight is 313 g/mol. The van der Waals surface area contributed by atoms with Gasteiger partial charge in [0, 0.05) is 14.1 Å². The summed E-state index contributed by atoms with van der Waals surface area (Å²) in [6, 6.07) is 6.97. The molecule has 0 radical (unpaired) electrons. The molecule has 3 aliphatic rings. The minimum atomic E-state index is -0.517. The molecule has 120 valence electrons. The van der Waals surface area contributed by atoms with Crippen molar-refractivity contribution in [2.75, 3.05) is 23.9 Å². The molecule has 4 rings (SSSR count). The quantitative estimate of drug-likeness (QED) is 0.799. The van der Waals surface area contributed by atoms with Crippen LogP contribution in [-0.2, 0) is 0 Å². The number of guanidine groups is 1. The van der Waals surface area contributed by atoms with Crippen LogP contribution >= 0.6 is 0 Å². The molecule has 1 N–H and O–H groups in total. The Morgan fingerprint density at radius 3 is 2.52 bits per heavy atom. The molecule has 0 aromatic heterocycles. The summed E-state index contributed by atoms with van der Waals surface area (Å²) in [5.41, 5.74) is 0.860. The van der Waals surface area contributed by atoms with Gasteiger partial charge in [0.25, 0.3) is 0 Å². The molecule has 7 nitrogen and oxygen atoms in total. The van der Waals surface area contributed by atoms with Crippen LogP contribution in [0.4, 0.5) is 21.0 Å². The van der Waals surface area contributed by atoms with Crippen molar-refractivity contribution in [2.24, 2.45) is 4.99 Å². The molecule has 2 aliphatic heterocycles. The Morgan fingerprint density at radius 2 is 1.87 bits per heavy atom. The maximum absolute atomic E-state index is 13.0. The molecule has 23 heavy (non-hydrogen) atoms. The van der Waals surface area contributed by atoms with Gasteiger partial charge in [0.15, 0.2) is 0 Å². The van der Waals surface area contributed by atoms with E-state index in [1.165, 1.54) is 9.80 Å². The third-order valence-electron chi connectivity index (χ3n) is 5.00. The third-order valence-corrected chi connectivity index (χ3v) is 5.00. The second-order valence-electron chi connectivity index (χ2n) is 6.16. The van der Waals surface area contributed by atoms with Crippen molar-refractivity contribution in [1.29, 1.82) is 0 Å². The van der Waals surface area contributed by atoms with Crippen molar-refractivity contribution >= 4 is 29.4 Å². The van der Waals surface area contributed by atoms with Crippen molar-refractivity contribution in [2.45, 2.75) is 31.3 Å². The number of anilines is 2. The van der Waals surface area contributed by atoms with Crippen molar-refractivity contribution in [1.82, 2.24) is 10.2 Å². The van der Waals surface area contributed by atoms with E-state index in [1.807, 2.05) is 24.3 Å².